The number of aromatic nitrogens is 2. The molecule has 1 aromatic heterocycles. The zero-order valence-corrected chi connectivity index (χ0v) is 11.6. The second-order valence-corrected chi connectivity index (χ2v) is 5.75. The molecule has 0 saturated heterocycles. The summed E-state index contributed by atoms with van der Waals surface area (Å²) >= 11 is 3.46. The molecule has 0 unspecified atom stereocenters. The van der Waals surface area contributed by atoms with Crippen molar-refractivity contribution in [2.75, 3.05) is 0 Å². The second-order valence-electron chi connectivity index (χ2n) is 4.83. The normalized spacial score (nSPS) is 18.8. The van der Waals surface area contributed by atoms with Crippen molar-refractivity contribution in [3.05, 3.63) is 46.2 Å². The van der Waals surface area contributed by atoms with Crippen LogP contribution < -0.4 is 0 Å². The number of Topliss-reactive ketones (excluding diaryl/α,β-unsaturated/α-hetero) is 1. The van der Waals surface area contributed by atoms with Crippen LogP contribution in [-0.2, 0) is 6.42 Å². The zero-order valence-electron chi connectivity index (χ0n) is 10.1. The Hall–Kier alpha value is -1.42. The summed E-state index contributed by atoms with van der Waals surface area (Å²) in [7, 11) is 0. The summed E-state index contributed by atoms with van der Waals surface area (Å²) in [5.41, 5.74) is 2.82. The van der Waals surface area contributed by atoms with Crippen molar-refractivity contribution in [2.45, 2.75) is 19.8 Å². The minimum atomic E-state index is 0.213. The maximum Gasteiger partial charge on any atom is 0.166 e. The van der Waals surface area contributed by atoms with Crippen molar-refractivity contribution < 1.29 is 4.79 Å². The van der Waals surface area contributed by atoms with E-state index in [1.165, 1.54) is 0 Å². The molecular formula is C14H13BrN2O. The van der Waals surface area contributed by atoms with Crippen LogP contribution in [0.25, 0.3) is 5.69 Å². The van der Waals surface area contributed by atoms with Gasteiger partial charge < -0.3 is 0 Å². The molecule has 3 rings (SSSR count). The summed E-state index contributed by atoms with van der Waals surface area (Å²) in [5.74, 6) is 0.609. The summed E-state index contributed by atoms with van der Waals surface area (Å²) in [6.07, 6.45) is 3.25. The van der Waals surface area contributed by atoms with Gasteiger partial charge in [0.1, 0.15) is 0 Å². The van der Waals surface area contributed by atoms with E-state index in [1.54, 1.807) is 6.20 Å². The van der Waals surface area contributed by atoms with E-state index < -0.39 is 0 Å². The summed E-state index contributed by atoms with van der Waals surface area (Å²) < 4.78 is 2.90. The third-order valence-electron chi connectivity index (χ3n) is 3.30. The smallest absolute Gasteiger partial charge is 0.166 e. The number of ketones is 1. The van der Waals surface area contributed by atoms with Crippen molar-refractivity contribution in [2.24, 2.45) is 5.92 Å². The molecule has 0 saturated carbocycles. The fraction of sp³-hybridized carbons (Fsp3) is 0.286. The van der Waals surface area contributed by atoms with Crippen molar-refractivity contribution in [3.8, 4) is 5.69 Å². The topological polar surface area (TPSA) is 34.9 Å². The number of halogens is 1. The SMILES string of the molecule is C[C@@H]1CC(=O)c2cnn(-c3cccc(Br)c3)c2C1. The molecule has 1 atom stereocenters. The lowest BCUT2D eigenvalue weighted by molar-refractivity contribution is 0.0953. The first kappa shape index (κ1) is 11.7. The molecule has 1 aromatic carbocycles. The molecule has 0 bridgehead atoms. The van der Waals surface area contributed by atoms with Crippen molar-refractivity contribution in [1.29, 1.82) is 0 Å². The fourth-order valence-corrected chi connectivity index (χ4v) is 2.85. The molecule has 4 heteroatoms. The lowest BCUT2D eigenvalue weighted by Gasteiger charge is -2.18. The van der Waals surface area contributed by atoms with Gasteiger partial charge in [0.2, 0.25) is 0 Å². The van der Waals surface area contributed by atoms with Gasteiger partial charge in [-0.15, -0.1) is 0 Å². The lowest BCUT2D eigenvalue weighted by atomic mass is 9.88. The van der Waals surface area contributed by atoms with Gasteiger partial charge in [-0.1, -0.05) is 28.9 Å². The van der Waals surface area contributed by atoms with Gasteiger partial charge in [0.25, 0.3) is 0 Å². The van der Waals surface area contributed by atoms with E-state index in [9.17, 15) is 4.79 Å². The van der Waals surface area contributed by atoms with Crippen LogP contribution in [0.2, 0.25) is 0 Å². The van der Waals surface area contributed by atoms with Crippen LogP contribution in [0.5, 0.6) is 0 Å². The number of hydrogen-bond donors (Lipinski definition) is 0. The van der Waals surface area contributed by atoms with Gasteiger partial charge in [-0.3, -0.25) is 4.79 Å². The van der Waals surface area contributed by atoms with Gasteiger partial charge in [-0.2, -0.15) is 5.10 Å². The molecule has 2 aromatic rings. The third kappa shape index (κ3) is 1.90. The highest BCUT2D eigenvalue weighted by Crippen LogP contribution is 2.27. The number of carbonyl (C=O) groups is 1. The summed E-state index contributed by atoms with van der Waals surface area (Å²) in [6, 6.07) is 7.97. The van der Waals surface area contributed by atoms with Crippen molar-refractivity contribution in [1.82, 2.24) is 9.78 Å². The van der Waals surface area contributed by atoms with Crippen LogP contribution in [0.1, 0.15) is 29.4 Å². The van der Waals surface area contributed by atoms with Gasteiger partial charge in [0, 0.05) is 10.9 Å². The minimum absolute atomic E-state index is 0.213. The fourth-order valence-electron chi connectivity index (χ4n) is 2.46. The summed E-state index contributed by atoms with van der Waals surface area (Å²) in [5, 5.41) is 4.37. The molecule has 0 fully saturated rings. The first-order valence-electron chi connectivity index (χ1n) is 6.01. The lowest BCUT2D eigenvalue weighted by Crippen LogP contribution is -2.19. The average Bonchev–Trinajstić information content (AvgIpc) is 2.72. The van der Waals surface area contributed by atoms with Gasteiger partial charge >= 0.3 is 0 Å². The monoisotopic (exact) mass is 304 g/mol. The van der Waals surface area contributed by atoms with E-state index >= 15 is 0 Å². The molecule has 92 valence electrons. The maximum atomic E-state index is 11.9. The Balaban J connectivity index is 2.12. The van der Waals surface area contributed by atoms with Crippen LogP contribution in [0.4, 0.5) is 0 Å². The molecular weight excluding hydrogens is 292 g/mol. The number of fused-ring (bicyclic) bond motifs is 1. The Morgan fingerprint density at radius 3 is 3.00 bits per heavy atom. The molecule has 0 radical (unpaired) electrons. The van der Waals surface area contributed by atoms with Crippen molar-refractivity contribution in [3.63, 3.8) is 0 Å². The predicted molar refractivity (Wildman–Crippen MR) is 73.1 cm³/mol. The van der Waals surface area contributed by atoms with E-state index in [1.807, 2.05) is 28.9 Å². The van der Waals surface area contributed by atoms with E-state index in [-0.39, 0.29) is 5.78 Å². The van der Waals surface area contributed by atoms with Crippen LogP contribution >= 0.6 is 15.9 Å². The van der Waals surface area contributed by atoms with Crippen LogP contribution in [0, 0.1) is 5.92 Å². The minimum Gasteiger partial charge on any atom is -0.294 e. The third-order valence-corrected chi connectivity index (χ3v) is 3.79. The predicted octanol–water partition coefficient (Wildman–Crippen LogP) is 3.40. The zero-order chi connectivity index (χ0) is 12.7. The van der Waals surface area contributed by atoms with Gasteiger partial charge in [0.15, 0.2) is 5.78 Å². The van der Waals surface area contributed by atoms with Crippen molar-refractivity contribution >= 4 is 21.7 Å². The first-order chi connectivity index (χ1) is 8.65. The molecule has 0 amide bonds. The largest absolute Gasteiger partial charge is 0.294 e. The Bertz CT molecular complexity index is 618. The molecule has 1 heterocycles. The molecule has 0 aliphatic heterocycles. The number of hydrogen-bond acceptors (Lipinski definition) is 2. The standard InChI is InChI=1S/C14H13BrN2O/c1-9-5-13-12(14(18)6-9)8-16-17(13)11-4-2-3-10(15)7-11/h2-4,7-9H,5-6H2,1H3/t9-/m0/s1. The molecule has 0 N–H and O–H groups in total. The quantitative estimate of drug-likeness (QED) is 0.809. The second kappa shape index (κ2) is 4.35. The molecule has 1 aliphatic carbocycles. The molecule has 1 aliphatic rings. The van der Waals surface area contributed by atoms with Crippen LogP contribution in [0.15, 0.2) is 34.9 Å². The number of nitrogens with zero attached hydrogens (tertiary/aromatic N) is 2. The van der Waals surface area contributed by atoms with E-state index in [2.05, 4.69) is 28.0 Å². The summed E-state index contributed by atoms with van der Waals surface area (Å²) in [4.78, 5) is 11.9. The van der Waals surface area contributed by atoms with Gasteiger partial charge in [0.05, 0.1) is 23.1 Å². The van der Waals surface area contributed by atoms with Crippen LogP contribution in [-0.4, -0.2) is 15.6 Å². The highest BCUT2D eigenvalue weighted by molar-refractivity contribution is 9.10. The van der Waals surface area contributed by atoms with E-state index in [0.717, 1.165) is 27.8 Å². The number of rotatable bonds is 1. The summed E-state index contributed by atoms with van der Waals surface area (Å²) in [6.45, 7) is 2.11. The maximum absolute atomic E-state index is 11.9. The van der Waals surface area contributed by atoms with Crippen LogP contribution in [0.3, 0.4) is 0 Å². The average molecular weight is 305 g/mol. The Labute approximate surface area is 114 Å². The molecule has 18 heavy (non-hydrogen) atoms. The van der Waals surface area contributed by atoms with E-state index in [0.29, 0.717) is 12.3 Å². The van der Waals surface area contributed by atoms with E-state index in [4.69, 9.17) is 0 Å². The Morgan fingerprint density at radius 1 is 1.39 bits per heavy atom. The number of benzene rings is 1. The highest BCUT2D eigenvalue weighted by atomic mass is 79.9. The first-order valence-corrected chi connectivity index (χ1v) is 6.80. The molecule has 0 spiro atoms. The number of carbonyl (C=O) groups excluding carboxylic acids is 1. The van der Waals surface area contributed by atoms with Gasteiger partial charge in [-0.25, -0.2) is 4.68 Å². The Morgan fingerprint density at radius 2 is 2.22 bits per heavy atom. The molecule has 3 nitrogen and oxygen atoms in total. The highest BCUT2D eigenvalue weighted by Gasteiger charge is 2.26. The van der Waals surface area contributed by atoms with Gasteiger partial charge in [-0.05, 0) is 30.5 Å². The Kier molecular flexibility index (Phi) is 2.82.